The zero-order valence-corrected chi connectivity index (χ0v) is 20.2. The second-order valence-electron chi connectivity index (χ2n) is 8.87. The van der Waals surface area contributed by atoms with Gasteiger partial charge in [0.25, 0.3) is 5.91 Å². The summed E-state index contributed by atoms with van der Waals surface area (Å²) in [7, 11) is 0. The molecule has 1 N–H and O–H groups in total. The summed E-state index contributed by atoms with van der Waals surface area (Å²) in [6.07, 6.45) is 4.79. The van der Waals surface area contributed by atoms with Crippen molar-refractivity contribution in [1.82, 2.24) is 5.01 Å². The number of unbranched alkanes of at least 4 members (excludes halogenated alkanes) is 1. The van der Waals surface area contributed by atoms with Gasteiger partial charge in [0.2, 0.25) is 0 Å². The second kappa shape index (κ2) is 12.4. The lowest BCUT2D eigenvalue weighted by Crippen LogP contribution is -2.32. The maximum Gasteiger partial charge on any atom is 0.306 e. The summed E-state index contributed by atoms with van der Waals surface area (Å²) in [6.45, 7) is 5.96. The topological polar surface area (TPSA) is 89.5 Å². The number of hydrogen-bond acceptors (Lipinski definition) is 7. The fourth-order valence-electron chi connectivity index (χ4n) is 4.01. The van der Waals surface area contributed by atoms with Crippen molar-refractivity contribution in [3.63, 3.8) is 0 Å². The number of nitrogens with one attached hydrogen (secondary N) is 1. The van der Waals surface area contributed by atoms with Gasteiger partial charge in [-0.2, -0.15) is 5.10 Å². The average molecular weight is 480 g/mol. The fourth-order valence-corrected chi connectivity index (χ4v) is 4.01. The summed E-state index contributed by atoms with van der Waals surface area (Å²) < 4.78 is 16.5. The van der Waals surface area contributed by atoms with Crippen molar-refractivity contribution in [3.05, 3.63) is 59.2 Å². The number of carbonyl (C=O) groups is 2. The Morgan fingerprint density at radius 2 is 1.97 bits per heavy atom. The lowest BCUT2D eigenvalue weighted by atomic mass is 9.94. The minimum absolute atomic E-state index is 0.0994. The number of esters is 1. The molecule has 1 unspecified atom stereocenters. The van der Waals surface area contributed by atoms with Crippen LogP contribution in [0.2, 0.25) is 0 Å². The third-order valence-electron chi connectivity index (χ3n) is 6.05. The van der Waals surface area contributed by atoms with Gasteiger partial charge in [0.15, 0.2) is 0 Å². The highest BCUT2D eigenvalue weighted by atomic mass is 16.5. The van der Waals surface area contributed by atoms with Crippen LogP contribution < -0.4 is 10.1 Å². The number of hydrogen-bond donors (Lipinski definition) is 1. The number of morpholine rings is 1. The van der Waals surface area contributed by atoms with Gasteiger partial charge in [-0.1, -0.05) is 31.5 Å². The van der Waals surface area contributed by atoms with Crippen molar-refractivity contribution in [1.29, 1.82) is 0 Å². The molecule has 2 aromatic carbocycles. The first-order valence-electron chi connectivity index (χ1n) is 12.3. The largest absolute Gasteiger partial charge is 0.493 e. The van der Waals surface area contributed by atoms with E-state index in [0.29, 0.717) is 44.1 Å². The molecule has 2 aromatic rings. The van der Waals surface area contributed by atoms with E-state index in [2.05, 4.69) is 17.3 Å². The molecule has 0 bridgehead atoms. The van der Waals surface area contributed by atoms with E-state index >= 15 is 0 Å². The zero-order chi connectivity index (χ0) is 24.5. The summed E-state index contributed by atoms with van der Waals surface area (Å²) >= 11 is 0. The van der Waals surface area contributed by atoms with Crippen LogP contribution >= 0.6 is 0 Å². The number of hydrazone groups is 1. The van der Waals surface area contributed by atoms with Crippen LogP contribution in [0.3, 0.4) is 0 Å². The number of anilines is 1. The highest BCUT2D eigenvalue weighted by Gasteiger charge is 2.23. The molecule has 0 saturated carbocycles. The normalized spacial score (nSPS) is 17.5. The van der Waals surface area contributed by atoms with Gasteiger partial charge in [-0.05, 0) is 42.2 Å². The van der Waals surface area contributed by atoms with E-state index < -0.39 is 0 Å². The molecular formula is C27H33N3O5. The second-order valence-corrected chi connectivity index (χ2v) is 8.87. The van der Waals surface area contributed by atoms with E-state index in [0.717, 1.165) is 49.2 Å². The molecule has 1 amide bonds. The molecule has 186 valence electrons. The van der Waals surface area contributed by atoms with E-state index in [1.54, 1.807) is 18.3 Å². The first-order valence-corrected chi connectivity index (χ1v) is 12.3. The Hall–Kier alpha value is -3.39. The average Bonchev–Trinajstić information content (AvgIpc) is 2.88. The summed E-state index contributed by atoms with van der Waals surface area (Å²) in [5.74, 6) is 0.485. The number of fused-ring (bicyclic) bond motifs is 1. The van der Waals surface area contributed by atoms with Gasteiger partial charge in [0.1, 0.15) is 5.75 Å². The van der Waals surface area contributed by atoms with E-state index in [1.807, 2.05) is 35.3 Å². The van der Waals surface area contributed by atoms with Crippen molar-refractivity contribution >= 4 is 23.8 Å². The maximum atomic E-state index is 12.7. The first kappa shape index (κ1) is 24.7. The highest BCUT2D eigenvalue weighted by molar-refractivity contribution is 6.04. The standard InChI is InChI=1S/C27H33N3O5/c1-2-3-12-34-26(31)16-21-15-23-8-9-24(17-25(23)35-19-21)29-27(32)22-6-4-20(5-7-22)18-28-30-10-13-33-14-11-30/h4-9,17-18,21H,2-3,10-16,19H2,1H3,(H,29,32)/b28-18+. The van der Waals surface area contributed by atoms with Gasteiger partial charge in [-0.15, -0.1) is 0 Å². The Kier molecular flexibility index (Phi) is 8.73. The molecule has 0 spiro atoms. The fraction of sp³-hybridized carbons (Fsp3) is 0.444. The Balaban J connectivity index is 1.28. The Morgan fingerprint density at radius 3 is 2.74 bits per heavy atom. The predicted molar refractivity (Wildman–Crippen MR) is 134 cm³/mol. The molecule has 0 aromatic heterocycles. The van der Waals surface area contributed by atoms with Crippen LogP contribution in [0.4, 0.5) is 5.69 Å². The molecule has 2 heterocycles. The molecular weight excluding hydrogens is 446 g/mol. The van der Waals surface area contributed by atoms with E-state index in [4.69, 9.17) is 14.2 Å². The number of nitrogens with zero attached hydrogens (tertiary/aromatic N) is 2. The zero-order valence-electron chi connectivity index (χ0n) is 20.2. The van der Waals surface area contributed by atoms with Crippen molar-refractivity contribution < 1.29 is 23.8 Å². The van der Waals surface area contributed by atoms with Crippen molar-refractivity contribution in [2.45, 2.75) is 32.6 Å². The van der Waals surface area contributed by atoms with Gasteiger partial charge in [0.05, 0.1) is 52.2 Å². The number of amides is 1. The Morgan fingerprint density at radius 1 is 1.17 bits per heavy atom. The minimum atomic E-state index is -0.190. The molecule has 1 fully saturated rings. The Bertz CT molecular complexity index is 1030. The van der Waals surface area contributed by atoms with Crippen molar-refractivity contribution in [2.75, 3.05) is 44.8 Å². The van der Waals surface area contributed by atoms with Crippen LogP contribution in [0.1, 0.15) is 47.7 Å². The van der Waals surface area contributed by atoms with Gasteiger partial charge >= 0.3 is 5.97 Å². The molecule has 8 nitrogen and oxygen atoms in total. The number of benzene rings is 2. The third-order valence-corrected chi connectivity index (χ3v) is 6.05. The monoisotopic (exact) mass is 479 g/mol. The summed E-state index contributed by atoms with van der Waals surface area (Å²) in [6, 6.07) is 13.0. The van der Waals surface area contributed by atoms with Crippen molar-refractivity contribution in [2.24, 2.45) is 11.0 Å². The lowest BCUT2D eigenvalue weighted by Gasteiger charge is -2.25. The minimum Gasteiger partial charge on any atom is -0.493 e. The molecule has 1 saturated heterocycles. The SMILES string of the molecule is CCCCOC(=O)CC1COc2cc(NC(=O)c3ccc(/C=N/N4CCOCC4)cc3)ccc2C1. The van der Waals surface area contributed by atoms with Gasteiger partial charge in [-0.3, -0.25) is 14.6 Å². The molecule has 4 rings (SSSR count). The van der Waals surface area contributed by atoms with Crippen LogP contribution in [0, 0.1) is 5.92 Å². The van der Waals surface area contributed by atoms with E-state index in [-0.39, 0.29) is 17.8 Å². The summed E-state index contributed by atoms with van der Waals surface area (Å²) in [4.78, 5) is 24.7. The number of rotatable bonds is 9. The van der Waals surface area contributed by atoms with Gasteiger partial charge in [0, 0.05) is 23.2 Å². The smallest absolute Gasteiger partial charge is 0.306 e. The van der Waals surface area contributed by atoms with E-state index in [9.17, 15) is 9.59 Å². The van der Waals surface area contributed by atoms with Crippen LogP contribution in [0.25, 0.3) is 0 Å². The quantitative estimate of drug-likeness (QED) is 0.333. The van der Waals surface area contributed by atoms with Crippen LogP contribution in [-0.4, -0.2) is 62.6 Å². The summed E-state index contributed by atoms with van der Waals surface area (Å²) in [5.41, 5.74) is 3.20. The first-order chi connectivity index (χ1) is 17.1. The number of ether oxygens (including phenoxy) is 3. The lowest BCUT2D eigenvalue weighted by molar-refractivity contribution is -0.145. The number of carbonyl (C=O) groups excluding carboxylic acids is 2. The molecule has 0 aliphatic carbocycles. The van der Waals surface area contributed by atoms with Crippen molar-refractivity contribution in [3.8, 4) is 5.75 Å². The molecule has 2 aliphatic heterocycles. The van der Waals surface area contributed by atoms with Crippen LogP contribution in [-0.2, 0) is 20.7 Å². The third kappa shape index (κ3) is 7.29. The highest BCUT2D eigenvalue weighted by Crippen LogP contribution is 2.31. The molecule has 0 radical (unpaired) electrons. The predicted octanol–water partition coefficient (Wildman–Crippen LogP) is 3.89. The van der Waals surface area contributed by atoms with Gasteiger partial charge < -0.3 is 19.5 Å². The molecule has 1 atom stereocenters. The maximum absolute atomic E-state index is 12.7. The molecule has 2 aliphatic rings. The van der Waals surface area contributed by atoms with Crippen LogP contribution in [0.15, 0.2) is 47.6 Å². The summed E-state index contributed by atoms with van der Waals surface area (Å²) in [5, 5.41) is 9.37. The van der Waals surface area contributed by atoms with Crippen LogP contribution in [0.5, 0.6) is 5.75 Å². The molecule has 8 heteroatoms. The Labute approximate surface area is 206 Å². The van der Waals surface area contributed by atoms with E-state index in [1.165, 1.54) is 0 Å². The van der Waals surface area contributed by atoms with Gasteiger partial charge in [-0.25, -0.2) is 0 Å². The molecule has 35 heavy (non-hydrogen) atoms.